The topological polar surface area (TPSA) is 63.5 Å². The summed E-state index contributed by atoms with van der Waals surface area (Å²) in [5, 5.41) is 9.91. The third kappa shape index (κ3) is 5.51. The van der Waals surface area contributed by atoms with E-state index in [0.29, 0.717) is 18.2 Å². The lowest BCUT2D eigenvalue weighted by Gasteiger charge is -2.35. The summed E-state index contributed by atoms with van der Waals surface area (Å²) in [4.78, 5) is 17.2. The number of hydrogen-bond donors (Lipinski definition) is 0. The number of amides is 1. The van der Waals surface area contributed by atoms with Gasteiger partial charge in [0.25, 0.3) is 0 Å². The number of halogens is 1. The first-order valence-electron chi connectivity index (χ1n) is 9.89. The Kier molecular flexibility index (Phi) is 7.94. The molecular weight excluding hydrogens is 410 g/mol. The molecule has 2 heterocycles. The normalized spacial score (nSPS) is 16.2. The number of thioether (sulfide) groups is 1. The van der Waals surface area contributed by atoms with Gasteiger partial charge in [-0.05, 0) is 37.7 Å². The first-order valence-corrected chi connectivity index (χ1v) is 11.1. The smallest absolute Gasteiger partial charge is 0.235 e. The van der Waals surface area contributed by atoms with Crippen LogP contribution in [-0.2, 0) is 16.1 Å². The van der Waals surface area contributed by atoms with Gasteiger partial charge in [0.1, 0.15) is 0 Å². The van der Waals surface area contributed by atoms with Crippen LogP contribution >= 0.6 is 23.4 Å². The third-order valence-corrected chi connectivity index (χ3v) is 6.42. The quantitative estimate of drug-likeness (QED) is 0.592. The van der Waals surface area contributed by atoms with Gasteiger partial charge in [0.05, 0.1) is 18.4 Å². The van der Waals surface area contributed by atoms with Crippen LogP contribution in [0.25, 0.3) is 11.4 Å². The second kappa shape index (κ2) is 10.4. The van der Waals surface area contributed by atoms with Gasteiger partial charge in [-0.3, -0.25) is 9.36 Å². The Bertz CT molecular complexity index is 806. The van der Waals surface area contributed by atoms with E-state index in [1.165, 1.54) is 11.8 Å². The van der Waals surface area contributed by atoms with Crippen molar-refractivity contribution in [3.63, 3.8) is 0 Å². The number of benzene rings is 1. The second-order valence-electron chi connectivity index (χ2n) is 6.98. The first kappa shape index (κ1) is 22.1. The molecule has 0 spiro atoms. The van der Waals surface area contributed by atoms with Crippen LogP contribution in [0.15, 0.2) is 29.4 Å². The second-order valence-corrected chi connectivity index (χ2v) is 8.72. The number of carbonyl (C=O) groups is 1. The molecule has 0 saturated carbocycles. The maximum Gasteiger partial charge on any atom is 0.235 e. The van der Waals surface area contributed by atoms with Crippen molar-refractivity contribution in [3.8, 4) is 11.4 Å². The zero-order chi connectivity index (χ0) is 20.8. The Morgan fingerprint density at radius 3 is 2.52 bits per heavy atom. The van der Waals surface area contributed by atoms with E-state index in [4.69, 9.17) is 16.3 Å². The highest BCUT2D eigenvalue weighted by molar-refractivity contribution is 8.00. The third-order valence-electron chi connectivity index (χ3n) is 5.10. The average Bonchev–Trinajstić information content (AvgIpc) is 3.14. The van der Waals surface area contributed by atoms with Crippen LogP contribution in [0.5, 0.6) is 0 Å². The van der Waals surface area contributed by atoms with Gasteiger partial charge in [0.15, 0.2) is 11.0 Å². The number of aromatic nitrogens is 3. The minimum Gasteiger partial charge on any atom is -0.383 e. The summed E-state index contributed by atoms with van der Waals surface area (Å²) in [6.45, 7) is 9.70. The van der Waals surface area contributed by atoms with Crippen molar-refractivity contribution < 1.29 is 9.53 Å². The van der Waals surface area contributed by atoms with Gasteiger partial charge in [0, 0.05) is 43.9 Å². The first-order chi connectivity index (χ1) is 14.0. The molecule has 1 aliphatic rings. The summed E-state index contributed by atoms with van der Waals surface area (Å²) in [6, 6.07) is 7.51. The van der Waals surface area contributed by atoms with Crippen molar-refractivity contribution in [2.45, 2.75) is 30.8 Å². The molecule has 0 radical (unpaired) electrons. The van der Waals surface area contributed by atoms with Crippen molar-refractivity contribution in [1.29, 1.82) is 0 Å². The predicted octanol–water partition coefficient (Wildman–Crippen LogP) is 2.89. The fourth-order valence-corrected chi connectivity index (χ4v) is 4.41. The standard InChI is InChI=1S/C20H28ClN5O2S/c1-4-24-9-11-25(12-10-24)19(27)15(2)29-20-23-22-18(26(20)13-14-28-3)16-5-7-17(21)8-6-16/h5-8,15H,4,9-14H2,1-3H3/t15-/m0/s1. The largest absolute Gasteiger partial charge is 0.383 e. The number of ether oxygens (including phenoxy) is 1. The van der Waals surface area contributed by atoms with E-state index < -0.39 is 0 Å². The summed E-state index contributed by atoms with van der Waals surface area (Å²) in [5.74, 6) is 0.900. The van der Waals surface area contributed by atoms with Crippen LogP contribution < -0.4 is 0 Å². The Morgan fingerprint density at radius 1 is 1.21 bits per heavy atom. The summed E-state index contributed by atoms with van der Waals surface area (Å²) in [5.41, 5.74) is 0.930. The fourth-order valence-electron chi connectivity index (χ4n) is 3.32. The molecule has 1 aromatic carbocycles. The molecule has 7 nitrogen and oxygen atoms in total. The van der Waals surface area contributed by atoms with E-state index >= 15 is 0 Å². The maximum atomic E-state index is 12.9. The molecule has 1 amide bonds. The van der Waals surface area contributed by atoms with E-state index in [0.717, 1.165) is 49.3 Å². The summed E-state index contributed by atoms with van der Waals surface area (Å²) in [6.07, 6.45) is 0. The Labute approximate surface area is 181 Å². The van der Waals surface area contributed by atoms with E-state index in [1.54, 1.807) is 7.11 Å². The molecule has 2 aromatic rings. The number of nitrogens with zero attached hydrogens (tertiary/aromatic N) is 5. The van der Waals surface area contributed by atoms with Crippen LogP contribution in [-0.4, -0.2) is 82.2 Å². The molecule has 1 saturated heterocycles. The van der Waals surface area contributed by atoms with Crippen molar-refractivity contribution >= 4 is 29.3 Å². The zero-order valence-electron chi connectivity index (χ0n) is 17.2. The van der Waals surface area contributed by atoms with E-state index in [2.05, 4.69) is 22.0 Å². The highest BCUT2D eigenvalue weighted by Crippen LogP contribution is 2.28. The van der Waals surface area contributed by atoms with E-state index in [9.17, 15) is 4.79 Å². The lowest BCUT2D eigenvalue weighted by Crippen LogP contribution is -2.50. The molecular formula is C20H28ClN5O2S. The van der Waals surface area contributed by atoms with Crippen LogP contribution in [0.4, 0.5) is 0 Å². The minimum absolute atomic E-state index is 0.153. The Morgan fingerprint density at radius 2 is 1.90 bits per heavy atom. The van der Waals surface area contributed by atoms with Gasteiger partial charge in [-0.25, -0.2) is 0 Å². The van der Waals surface area contributed by atoms with E-state index in [1.807, 2.05) is 40.7 Å². The molecule has 9 heteroatoms. The summed E-state index contributed by atoms with van der Waals surface area (Å²) < 4.78 is 7.27. The van der Waals surface area contributed by atoms with Crippen LogP contribution in [0, 0.1) is 0 Å². The number of carbonyl (C=O) groups excluding carboxylic acids is 1. The monoisotopic (exact) mass is 437 g/mol. The highest BCUT2D eigenvalue weighted by atomic mass is 35.5. The van der Waals surface area contributed by atoms with Crippen LogP contribution in [0.2, 0.25) is 5.02 Å². The molecule has 1 atom stereocenters. The predicted molar refractivity (Wildman–Crippen MR) is 116 cm³/mol. The molecule has 3 rings (SSSR count). The summed E-state index contributed by atoms with van der Waals surface area (Å²) in [7, 11) is 1.67. The maximum absolute atomic E-state index is 12.9. The number of rotatable bonds is 8. The summed E-state index contributed by atoms with van der Waals surface area (Å²) >= 11 is 7.46. The number of methoxy groups -OCH3 is 1. The zero-order valence-corrected chi connectivity index (χ0v) is 18.7. The van der Waals surface area contributed by atoms with Crippen molar-refractivity contribution in [3.05, 3.63) is 29.3 Å². The average molecular weight is 438 g/mol. The fraction of sp³-hybridized carbons (Fsp3) is 0.550. The molecule has 1 fully saturated rings. The molecule has 0 bridgehead atoms. The van der Waals surface area contributed by atoms with Gasteiger partial charge in [-0.15, -0.1) is 10.2 Å². The molecule has 1 aliphatic heterocycles. The van der Waals surface area contributed by atoms with Gasteiger partial charge < -0.3 is 14.5 Å². The van der Waals surface area contributed by atoms with Crippen LogP contribution in [0.3, 0.4) is 0 Å². The Hall–Kier alpha value is -1.61. The SMILES string of the molecule is CCN1CCN(C(=O)[C@H](C)Sc2nnc(-c3ccc(Cl)cc3)n2CCOC)CC1. The van der Waals surface area contributed by atoms with Gasteiger partial charge in [-0.2, -0.15) is 0 Å². The van der Waals surface area contributed by atoms with E-state index in [-0.39, 0.29) is 11.2 Å². The van der Waals surface area contributed by atoms with Crippen molar-refractivity contribution in [2.75, 3.05) is 46.4 Å². The molecule has 29 heavy (non-hydrogen) atoms. The van der Waals surface area contributed by atoms with Gasteiger partial charge in [-0.1, -0.05) is 30.3 Å². The lowest BCUT2D eigenvalue weighted by molar-refractivity contribution is -0.132. The van der Waals surface area contributed by atoms with Crippen molar-refractivity contribution in [1.82, 2.24) is 24.6 Å². The molecule has 0 N–H and O–H groups in total. The number of hydrogen-bond acceptors (Lipinski definition) is 6. The molecule has 1 aromatic heterocycles. The van der Waals surface area contributed by atoms with Gasteiger partial charge >= 0.3 is 0 Å². The Balaban J connectivity index is 1.74. The van der Waals surface area contributed by atoms with Gasteiger partial charge in [0.2, 0.25) is 5.91 Å². The number of piperazine rings is 1. The van der Waals surface area contributed by atoms with Crippen molar-refractivity contribution in [2.24, 2.45) is 0 Å². The minimum atomic E-state index is -0.230. The van der Waals surface area contributed by atoms with Crippen LogP contribution in [0.1, 0.15) is 13.8 Å². The molecule has 0 unspecified atom stereocenters. The molecule has 0 aliphatic carbocycles. The highest BCUT2D eigenvalue weighted by Gasteiger charge is 2.27. The lowest BCUT2D eigenvalue weighted by atomic mass is 10.2. The molecule has 158 valence electrons. The number of likely N-dealkylation sites (N-methyl/N-ethyl adjacent to an activating group) is 1.